The number of rotatable bonds is 6. The van der Waals surface area contributed by atoms with Gasteiger partial charge in [0, 0.05) is 6.54 Å². The van der Waals surface area contributed by atoms with E-state index in [4.69, 9.17) is 0 Å². The van der Waals surface area contributed by atoms with Crippen LogP contribution in [0.15, 0.2) is 0 Å². The third-order valence-corrected chi connectivity index (χ3v) is 3.91. The van der Waals surface area contributed by atoms with Gasteiger partial charge in [-0.1, -0.05) is 13.3 Å². The van der Waals surface area contributed by atoms with Gasteiger partial charge < -0.3 is 10.4 Å². The van der Waals surface area contributed by atoms with Crippen LogP contribution < -0.4 is 5.32 Å². The molecule has 17 heavy (non-hydrogen) atoms. The number of carbonyl (C=O) groups is 1. The van der Waals surface area contributed by atoms with E-state index in [1.54, 1.807) is 0 Å². The van der Waals surface area contributed by atoms with Crippen LogP contribution >= 0.6 is 0 Å². The molecule has 1 aliphatic heterocycles. The van der Waals surface area contributed by atoms with Crippen molar-refractivity contribution < 1.29 is 9.90 Å². The van der Waals surface area contributed by atoms with E-state index in [1.807, 2.05) is 14.0 Å². The SMILES string of the molecule is CCCC(C)(C(=O)O)N1CCCC(CNC)C1. The van der Waals surface area contributed by atoms with Crippen molar-refractivity contribution in [1.82, 2.24) is 10.2 Å². The van der Waals surface area contributed by atoms with Crippen molar-refractivity contribution in [3.63, 3.8) is 0 Å². The molecule has 0 aromatic carbocycles. The number of hydrogen-bond donors (Lipinski definition) is 2. The molecular weight excluding hydrogens is 216 g/mol. The molecule has 0 amide bonds. The van der Waals surface area contributed by atoms with E-state index >= 15 is 0 Å². The van der Waals surface area contributed by atoms with Gasteiger partial charge in [0.1, 0.15) is 5.54 Å². The van der Waals surface area contributed by atoms with Gasteiger partial charge >= 0.3 is 5.97 Å². The molecular formula is C13H26N2O2. The highest BCUT2D eigenvalue weighted by atomic mass is 16.4. The van der Waals surface area contributed by atoms with Crippen molar-refractivity contribution in [3.8, 4) is 0 Å². The lowest BCUT2D eigenvalue weighted by Crippen LogP contribution is -2.56. The number of carboxylic acids is 1. The first-order valence-corrected chi connectivity index (χ1v) is 6.67. The number of carboxylic acid groups (broad SMARTS) is 1. The van der Waals surface area contributed by atoms with Crippen molar-refractivity contribution in [1.29, 1.82) is 0 Å². The number of nitrogens with zero attached hydrogens (tertiary/aromatic N) is 1. The van der Waals surface area contributed by atoms with Gasteiger partial charge in [-0.25, -0.2) is 0 Å². The molecule has 1 fully saturated rings. The van der Waals surface area contributed by atoms with Crippen molar-refractivity contribution in [2.75, 3.05) is 26.7 Å². The largest absolute Gasteiger partial charge is 0.480 e. The van der Waals surface area contributed by atoms with Gasteiger partial charge in [0.15, 0.2) is 0 Å². The summed E-state index contributed by atoms with van der Waals surface area (Å²) in [6.45, 7) is 6.74. The standard InChI is InChI=1S/C13H26N2O2/c1-4-7-13(2,12(16)17)15-8-5-6-11(10-15)9-14-3/h11,14H,4-10H2,1-3H3,(H,16,17). The maximum atomic E-state index is 11.5. The maximum absolute atomic E-state index is 11.5. The Labute approximate surface area is 104 Å². The second-order valence-electron chi connectivity index (χ2n) is 5.34. The fourth-order valence-electron chi connectivity index (χ4n) is 2.86. The Morgan fingerprint density at radius 3 is 2.82 bits per heavy atom. The Morgan fingerprint density at radius 2 is 2.29 bits per heavy atom. The lowest BCUT2D eigenvalue weighted by molar-refractivity contribution is -0.152. The molecule has 4 nitrogen and oxygen atoms in total. The normalized spacial score (nSPS) is 25.5. The molecule has 100 valence electrons. The number of piperidine rings is 1. The fraction of sp³-hybridized carbons (Fsp3) is 0.923. The minimum atomic E-state index is -0.679. The average molecular weight is 242 g/mol. The molecule has 0 spiro atoms. The molecule has 0 aromatic heterocycles. The Balaban J connectivity index is 2.70. The lowest BCUT2D eigenvalue weighted by Gasteiger charge is -2.43. The number of likely N-dealkylation sites (tertiary alicyclic amines) is 1. The summed E-state index contributed by atoms with van der Waals surface area (Å²) >= 11 is 0. The average Bonchev–Trinajstić information content (AvgIpc) is 2.30. The summed E-state index contributed by atoms with van der Waals surface area (Å²) in [4.78, 5) is 13.7. The summed E-state index contributed by atoms with van der Waals surface area (Å²) in [5, 5.41) is 12.7. The molecule has 1 saturated heterocycles. The maximum Gasteiger partial charge on any atom is 0.323 e. The first kappa shape index (κ1) is 14.5. The van der Waals surface area contributed by atoms with E-state index in [-0.39, 0.29) is 0 Å². The molecule has 4 heteroatoms. The van der Waals surface area contributed by atoms with Crippen LogP contribution in [0.5, 0.6) is 0 Å². The minimum absolute atomic E-state index is 0.587. The smallest absolute Gasteiger partial charge is 0.323 e. The van der Waals surface area contributed by atoms with Crippen LogP contribution in [-0.2, 0) is 4.79 Å². The van der Waals surface area contributed by atoms with Crippen LogP contribution in [0.2, 0.25) is 0 Å². The second-order valence-corrected chi connectivity index (χ2v) is 5.34. The zero-order valence-electron chi connectivity index (χ0n) is 11.3. The third-order valence-electron chi connectivity index (χ3n) is 3.91. The quantitative estimate of drug-likeness (QED) is 0.742. The number of nitrogens with one attached hydrogen (secondary N) is 1. The van der Waals surface area contributed by atoms with Crippen molar-refractivity contribution in [2.45, 2.75) is 45.1 Å². The van der Waals surface area contributed by atoms with E-state index in [0.717, 1.165) is 38.9 Å². The number of aliphatic carboxylic acids is 1. The van der Waals surface area contributed by atoms with Gasteiger partial charge in [-0.2, -0.15) is 0 Å². The zero-order chi connectivity index (χ0) is 12.9. The second kappa shape index (κ2) is 6.36. The van der Waals surface area contributed by atoms with Gasteiger partial charge in [0.05, 0.1) is 0 Å². The van der Waals surface area contributed by atoms with Crippen molar-refractivity contribution >= 4 is 5.97 Å². The van der Waals surface area contributed by atoms with E-state index in [0.29, 0.717) is 5.92 Å². The fourth-order valence-corrected chi connectivity index (χ4v) is 2.86. The first-order chi connectivity index (χ1) is 8.04. The van der Waals surface area contributed by atoms with Crippen LogP contribution in [0.1, 0.15) is 39.5 Å². The molecule has 1 rings (SSSR count). The highest BCUT2D eigenvalue weighted by Gasteiger charge is 2.40. The minimum Gasteiger partial charge on any atom is -0.480 e. The van der Waals surface area contributed by atoms with Gasteiger partial charge in [-0.3, -0.25) is 9.69 Å². The highest BCUT2D eigenvalue weighted by Crippen LogP contribution is 2.27. The topological polar surface area (TPSA) is 52.6 Å². The molecule has 0 saturated carbocycles. The predicted octanol–water partition coefficient (Wildman–Crippen LogP) is 1.56. The van der Waals surface area contributed by atoms with E-state index in [2.05, 4.69) is 17.1 Å². The van der Waals surface area contributed by atoms with Crippen molar-refractivity contribution in [2.24, 2.45) is 5.92 Å². The molecule has 2 atom stereocenters. The van der Waals surface area contributed by atoms with E-state index in [9.17, 15) is 9.90 Å². The summed E-state index contributed by atoms with van der Waals surface area (Å²) in [7, 11) is 1.96. The summed E-state index contributed by atoms with van der Waals surface area (Å²) in [6, 6.07) is 0. The highest BCUT2D eigenvalue weighted by molar-refractivity contribution is 5.78. The van der Waals surface area contributed by atoms with E-state index < -0.39 is 11.5 Å². The molecule has 0 aliphatic carbocycles. The monoisotopic (exact) mass is 242 g/mol. The third kappa shape index (κ3) is 3.42. The lowest BCUT2D eigenvalue weighted by atomic mass is 9.88. The Kier molecular flexibility index (Phi) is 5.40. The van der Waals surface area contributed by atoms with Crippen LogP contribution in [0, 0.1) is 5.92 Å². The van der Waals surface area contributed by atoms with Gasteiger partial charge in [-0.05, 0) is 52.2 Å². The molecule has 2 unspecified atom stereocenters. The molecule has 0 bridgehead atoms. The zero-order valence-corrected chi connectivity index (χ0v) is 11.3. The van der Waals surface area contributed by atoms with Crippen LogP contribution in [-0.4, -0.2) is 48.2 Å². The Bertz CT molecular complexity index is 256. The van der Waals surface area contributed by atoms with Crippen molar-refractivity contribution in [3.05, 3.63) is 0 Å². The molecule has 2 N–H and O–H groups in total. The predicted molar refractivity (Wildman–Crippen MR) is 69.2 cm³/mol. The molecule has 0 aromatic rings. The molecule has 0 radical (unpaired) electrons. The summed E-state index contributed by atoms with van der Waals surface area (Å²) in [5.41, 5.74) is -0.679. The Hall–Kier alpha value is -0.610. The van der Waals surface area contributed by atoms with Crippen LogP contribution in [0.4, 0.5) is 0 Å². The summed E-state index contributed by atoms with van der Waals surface area (Å²) in [6.07, 6.45) is 3.96. The first-order valence-electron chi connectivity index (χ1n) is 6.67. The van der Waals surface area contributed by atoms with Crippen LogP contribution in [0.25, 0.3) is 0 Å². The molecule has 1 heterocycles. The van der Waals surface area contributed by atoms with Gasteiger partial charge in [-0.15, -0.1) is 0 Å². The van der Waals surface area contributed by atoms with Gasteiger partial charge in [0.2, 0.25) is 0 Å². The Morgan fingerprint density at radius 1 is 1.59 bits per heavy atom. The van der Waals surface area contributed by atoms with Crippen LogP contribution in [0.3, 0.4) is 0 Å². The molecule has 1 aliphatic rings. The number of hydrogen-bond acceptors (Lipinski definition) is 3. The summed E-state index contributed by atoms with van der Waals surface area (Å²) in [5.74, 6) is -0.0891. The summed E-state index contributed by atoms with van der Waals surface area (Å²) < 4.78 is 0. The van der Waals surface area contributed by atoms with E-state index in [1.165, 1.54) is 6.42 Å². The van der Waals surface area contributed by atoms with Gasteiger partial charge in [0.25, 0.3) is 0 Å².